The highest BCUT2D eigenvalue weighted by atomic mass is 79.9. The molecule has 0 aliphatic heterocycles. The van der Waals surface area contributed by atoms with Gasteiger partial charge in [-0.2, -0.15) is 5.26 Å². The molecule has 0 aliphatic rings. The van der Waals surface area contributed by atoms with Crippen LogP contribution in [0.5, 0.6) is 0 Å². The van der Waals surface area contributed by atoms with Gasteiger partial charge < -0.3 is 9.73 Å². The van der Waals surface area contributed by atoms with Crippen LogP contribution in [0, 0.1) is 18.3 Å². The van der Waals surface area contributed by atoms with Crippen LogP contribution < -0.4 is 5.32 Å². The van der Waals surface area contributed by atoms with E-state index in [9.17, 15) is 4.79 Å². The first-order valence-electron chi connectivity index (χ1n) is 5.95. The molecular formula is C15H10BrClN2O2. The van der Waals surface area contributed by atoms with Gasteiger partial charge in [-0.1, -0.05) is 17.7 Å². The van der Waals surface area contributed by atoms with Crippen molar-refractivity contribution in [1.82, 2.24) is 0 Å². The number of carbonyl (C=O) groups excluding carboxylic acids is 1. The summed E-state index contributed by atoms with van der Waals surface area (Å²) >= 11 is 9.15. The third-order valence-electron chi connectivity index (χ3n) is 2.76. The summed E-state index contributed by atoms with van der Waals surface area (Å²) in [4.78, 5) is 12.1. The van der Waals surface area contributed by atoms with Gasteiger partial charge in [-0.05, 0) is 52.7 Å². The van der Waals surface area contributed by atoms with Gasteiger partial charge in [0.1, 0.15) is 17.4 Å². The molecule has 0 saturated heterocycles. The lowest BCUT2D eigenvalue weighted by molar-refractivity contribution is -0.112. The highest BCUT2D eigenvalue weighted by Crippen LogP contribution is 2.23. The first-order valence-corrected chi connectivity index (χ1v) is 7.12. The number of nitrogens with one attached hydrogen (secondary N) is 1. The molecule has 21 heavy (non-hydrogen) atoms. The topological polar surface area (TPSA) is 66.0 Å². The van der Waals surface area contributed by atoms with Crippen molar-refractivity contribution in [2.24, 2.45) is 0 Å². The number of carbonyl (C=O) groups is 1. The number of amides is 1. The maximum absolute atomic E-state index is 12.1. The zero-order chi connectivity index (χ0) is 15.4. The zero-order valence-electron chi connectivity index (χ0n) is 11.0. The Morgan fingerprint density at radius 1 is 1.43 bits per heavy atom. The van der Waals surface area contributed by atoms with E-state index in [2.05, 4.69) is 21.2 Å². The van der Waals surface area contributed by atoms with Gasteiger partial charge >= 0.3 is 0 Å². The van der Waals surface area contributed by atoms with Crippen molar-refractivity contribution >= 4 is 45.2 Å². The van der Waals surface area contributed by atoms with Crippen molar-refractivity contribution in [2.75, 3.05) is 5.32 Å². The van der Waals surface area contributed by atoms with Crippen molar-refractivity contribution in [3.63, 3.8) is 0 Å². The van der Waals surface area contributed by atoms with Crippen LogP contribution in [0.25, 0.3) is 6.08 Å². The van der Waals surface area contributed by atoms with E-state index in [0.717, 1.165) is 5.56 Å². The molecule has 1 aromatic heterocycles. The molecule has 1 aromatic carbocycles. The number of halogens is 2. The minimum Gasteiger partial charge on any atom is -0.450 e. The summed E-state index contributed by atoms with van der Waals surface area (Å²) in [6.45, 7) is 1.79. The van der Waals surface area contributed by atoms with Crippen molar-refractivity contribution < 1.29 is 9.21 Å². The predicted molar refractivity (Wildman–Crippen MR) is 84.8 cm³/mol. The van der Waals surface area contributed by atoms with Crippen molar-refractivity contribution in [3.05, 3.63) is 56.9 Å². The molecule has 1 heterocycles. The average molecular weight is 366 g/mol. The number of benzene rings is 1. The molecule has 1 N–H and O–H groups in total. The lowest BCUT2D eigenvalue weighted by Gasteiger charge is -2.08. The summed E-state index contributed by atoms with van der Waals surface area (Å²) in [5.74, 6) is -0.105. The Labute approximate surface area is 135 Å². The number of rotatable bonds is 3. The monoisotopic (exact) mass is 364 g/mol. The third-order valence-corrected chi connectivity index (χ3v) is 3.60. The number of anilines is 1. The molecule has 0 unspecified atom stereocenters. The summed E-state index contributed by atoms with van der Waals surface area (Å²) in [5, 5.41) is 12.3. The normalized spacial score (nSPS) is 11.0. The second-order valence-electron chi connectivity index (χ2n) is 4.18. The first-order chi connectivity index (χ1) is 10.0. The summed E-state index contributed by atoms with van der Waals surface area (Å²) < 4.78 is 5.77. The van der Waals surface area contributed by atoms with Crippen LogP contribution in [0.3, 0.4) is 0 Å². The molecule has 0 spiro atoms. The lowest BCUT2D eigenvalue weighted by Crippen LogP contribution is -2.14. The summed E-state index contributed by atoms with van der Waals surface area (Å²) in [7, 11) is 0. The van der Waals surface area contributed by atoms with Crippen LogP contribution in [0.1, 0.15) is 11.3 Å². The molecule has 4 nitrogen and oxygen atoms in total. The minimum absolute atomic E-state index is 0.0591. The molecule has 0 fully saturated rings. The molecule has 6 heteroatoms. The Kier molecular flexibility index (Phi) is 4.84. The van der Waals surface area contributed by atoms with E-state index >= 15 is 0 Å². The number of nitriles is 1. The van der Waals surface area contributed by atoms with E-state index in [4.69, 9.17) is 21.3 Å². The molecule has 0 saturated carbocycles. The largest absolute Gasteiger partial charge is 0.450 e. The Bertz CT molecular complexity index is 759. The first kappa shape index (κ1) is 15.4. The van der Waals surface area contributed by atoms with Gasteiger partial charge in [0.05, 0.1) is 0 Å². The van der Waals surface area contributed by atoms with Crippen LogP contribution in [0.15, 0.2) is 45.0 Å². The molecule has 2 aromatic rings. The van der Waals surface area contributed by atoms with Crippen molar-refractivity contribution in [3.8, 4) is 6.07 Å². The van der Waals surface area contributed by atoms with Gasteiger partial charge in [0, 0.05) is 16.8 Å². The van der Waals surface area contributed by atoms with Crippen molar-refractivity contribution in [2.45, 2.75) is 6.92 Å². The van der Waals surface area contributed by atoms with Gasteiger partial charge in [-0.3, -0.25) is 4.79 Å². The molecular weight excluding hydrogens is 356 g/mol. The second-order valence-corrected chi connectivity index (χ2v) is 5.37. The highest BCUT2D eigenvalue weighted by molar-refractivity contribution is 9.10. The second kappa shape index (κ2) is 6.61. The maximum atomic E-state index is 12.1. The predicted octanol–water partition coefficient (Wildman–Crippen LogP) is 4.55. The zero-order valence-corrected chi connectivity index (χ0v) is 13.3. The number of nitrogens with zero attached hydrogens (tertiary/aromatic N) is 1. The lowest BCUT2D eigenvalue weighted by atomic mass is 10.1. The molecule has 0 atom stereocenters. The fraction of sp³-hybridized carbons (Fsp3) is 0.0667. The fourth-order valence-corrected chi connectivity index (χ4v) is 2.12. The van der Waals surface area contributed by atoms with Crippen LogP contribution in [-0.4, -0.2) is 5.91 Å². The van der Waals surface area contributed by atoms with Crippen LogP contribution in [0.2, 0.25) is 5.02 Å². The van der Waals surface area contributed by atoms with Crippen LogP contribution in [0.4, 0.5) is 5.69 Å². The number of hydrogen-bond donors (Lipinski definition) is 1. The number of furan rings is 1. The SMILES string of the molecule is Cc1c(Cl)cccc1NC(=O)/C(C#N)=C/c1ccc(Br)o1. The molecule has 2 rings (SSSR count). The maximum Gasteiger partial charge on any atom is 0.266 e. The molecule has 0 radical (unpaired) electrons. The van der Waals surface area contributed by atoms with E-state index in [1.54, 1.807) is 37.3 Å². The molecule has 1 amide bonds. The molecule has 0 bridgehead atoms. The quantitative estimate of drug-likeness (QED) is 0.641. The molecule has 106 valence electrons. The Morgan fingerprint density at radius 2 is 2.19 bits per heavy atom. The Balaban J connectivity index is 2.24. The van der Waals surface area contributed by atoms with E-state index in [1.807, 2.05) is 6.07 Å². The van der Waals surface area contributed by atoms with E-state index in [0.29, 0.717) is 21.1 Å². The average Bonchev–Trinajstić information content (AvgIpc) is 2.86. The number of hydrogen-bond acceptors (Lipinski definition) is 3. The van der Waals surface area contributed by atoms with Crippen LogP contribution >= 0.6 is 27.5 Å². The van der Waals surface area contributed by atoms with Gasteiger partial charge in [0.15, 0.2) is 4.67 Å². The van der Waals surface area contributed by atoms with E-state index < -0.39 is 5.91 Å². The summed E-state index contributed by atoms with van der Waals surface area (Å²) in [6.07, 6.45) is 1.37. The van der Waals surface area contributed by atoms with Gasteiger partial charge in [-0.15, -0.1) is 0 Å². The standard InChI is InChI=1S/C15H10BrClN2O2/c1-9-12(17)3-2-4-13(9)19-15(20)10(8-18)7-11-5-6-14(16)21-11/h2-7H,1H3,(H,19,20)/b10-7+. The van der Waals surface area contributed by atoms with Gasteiger partial charge in [-0.25, -0.2) is 0 Å². The van der Waals surface area contributed by atoms with Gasteiger partial charge in [0.25, 0.3) is 5.91 Å². The van der Waals surface area contributed by atoms with E-state index in [-0.39, 0.29) is 5.57 Å². The van der Waals surface area contributed by atoms with E-state index in [1.165, 1.54) is 6.08 Å². The van der Waals surface area contributed by atoms with Crippen LogP contribution in [-0.2, 0) is 4.79 Å². The van der Waals surface area contributed by atoms with Crippen molar-refractivity contribution in [1.29, 1.82) is 5.26 Å². The van der Waals surface area contributed by atoms with Gasteiger partial charge in [0.2, 0.25) is 0 Å². The fourth-order valence-electron chi connectivity index (χ4n) is 1.63. The smallest absolute Gasteiger partial charge is 0.266 e. The summed E-state index contributed by atoms with van der Waals surface area (Å²) in [5.41, 5.74) is 1.25. The Morgan fingerprint density at radius 3 is 2.81 bits per heavy atom. The highest BCUT2D eigenvalue weighted by Gasteiger charge is 2.12. The third kappa shape index (κ3) is 3.75. The molecule has 0 aliphatic carbocycles. The Hall–Kier alpha value is -2.03. The minimum atomic E-state index is -0.518. The summed E-state index contributed by atoms with van der Waals surface area (Å²) in [6, 6.07) is 10.4.